The van der Waals surface area contributed by atoms with Crippen molar-refractivity contribution in [3.05, 3.63) is 65.5 Å². The molecule has 0 aromatic heterocycles. The standard InChI is InChI=1S/C35H43FN4O6/c1-32(2,3)45-30(43)37-18-22-7-10-25(11-8-22)38-28(41)34-19-35(20-34,21-34)29(42)39-27-12-9-24(17-26(27)36)23-13-15-40(16-14-23)31(44)46-33(4,5)6/h7-13,17H,14-16,18-21H2,1-6H3,(H,37,43)(H,38,41)(H,39,42). The van der Waals surface area contributed by atoms with Crippen LogP contribution in [0.1, 0.15) is 78.4 Å². The number of nitrogens with zero attached hydrogens (tertiary/aromatic N) is 1. The molecule has 4 aliphatic rings. The zero-order valence-electron chi connectivity index (χ0n) is 27.3. The molecule has 3 saturated carbocycles. The first-order valence-electron chi connectivity index (χ1n) is 15.6. The summed E-state index contributed by atoms with van der Waals surface area (Å²) in [5, 5.41) is 8.38. The van der Waals surface area contributed by atoms with Gasteiger partial charge in [0.25, 0.3) is 0 Å². The minimum Gasteiger partial charge on any atom is -0.444 e. The zero-order valence-corrected chi connectivity index (χ0v) is 27.3. The van der Waals surface area contributed by atoms with E-state index in [-0.39, 0.29) is 23.6 Å². The molecule has 0 radical (unpaired) electrons. The third-order valence-corrected chi connectivity index (χ3v) is 8.49. The summed E-state index contributed by atoms with van der Waals surface area (Å²) in [6.07, 6.45) is 2.82. The second-order valence-corrected chi connectivity index (χ2v) is 14.7. The molecule has 0 saturated heterocycles. The van der Waals surface area contributed by atoms with Crippen molar-refractivity contribution in [2.75, 3.05) is 23.7 Å². The number of rotatable bonds is 7. The van der Waals surface area contributed by atoms with Gasteiger partial charge in [-0.25, -0.2) is 14.0 Å². The molecule has 246 valence electrons. The van der Waals surface area contributed by atoms with Crippen molar-refractivity contribution < 1.29 is 33.0 Å². The molecule has 11 heteroatoms. The van der Waals surface area contributed by atoms with Gasteiger partial charge in [-0.2, -0.15) is 0 Å². The van der Waals surface area contributed by atoms with Crippen LogP contribution < -0.4 is 16.0 Å². The van der Waals surface area contributed by atoms with Crippen LogP contribution >= 0.6 is 0 Å². The van der Waals surface area contributed by atoms with Gasteiger partial charge in [0.1, 0.15) is 17.0 Å². The van der Waals surface area contributed by atoms with E-state index in [1.54, 1.807) is 49.9 Å². The molecule has 3 fully saturated rings. The van der Waals surface area contributed by atoms with Crippen molar-refractivity contribution in [3.8, 4) is 0 Å². The van der Waals surface area contributed by atoms with Gasteiger partial charge in [-0.3, -0.25) is 9.59 Å². The van der Waals surface area contributed by atoms with Crippen molar-refractivity contribution in [1.82, 2.24) is 10.2 Å². The van der Waals surface area contributed by atoms with Crippen molar-refractivity contribution >= 4 is 40.9 Å². The lowest BCUT2D eigenvalue weighted by Gasteiger charge is -2.67. The Bertz CT molecular complexity index is 1550. The van der Waals surface area contributed by atoms with Crippen LogP contribution in [0.15, 0.2) is 48.5 Å². The van der Waals surface area contributed by atoms with Crippen LogP contribution in [0.25, 0.3) is 5.57 Å². The van der Waals surface area contributed by atoms with E-state index in [1.165, 1.54) is 6.07 Å². The second kappa shape index (κ2) is 12.1. The van der Waals surface area contributed by atoms with Gasteiger partial charge in [-0.1, -0.05) is 24.3 Å². The lowest BCUT2D eigenvalue weighted by atomic mass is 9.34. The average Bonchev–Trinajstić information content (AvgIpc) is 2.90. The number of anilines is 2. The summed E-state index contributed by atoms with van der Waals surface area (Å²) in [5.74, 6) is -0.950. The fourth-order valence-corrected chi connectivity index (χ4v) is 6.22. The molecule has 2 aromatic carbocycles. The minimum absolute atomic E-state index is 0.102. The molecule has 1 aliphatic heterocycles. The van der Waals surface area contributed by atoms with Crippen LogP contribution in [-0.4, -0.2) is 53.2 Å². The predicted molar refractivity (Wildman–Crippen MR) is 172 cm³/mol. The maximum atomic E-state index is 15.1. The number of halogens is 1. The highest BCUT2D eigenvalue weighted by molar-refractivity contribution is 6.05. The van der Waals surface area contributed by atoms with Gasteiger partial charge in [-0.05, 0) is 108 Å². The molecule has 0 atom stereocenters. The Morgan fingerprint density at radius 3 is 2.00 bits per heavy atom. The third kappa shape index (κ3) is 7.35. The Hall–Kier alpha value is -4.41. The molecule has 46 heavy (non-hydrogen) atoms. The number of hydrogen-bond acceptors (Lipinski definition) is 6. The van der Waals surface area contributed by atoms with E-state index in [2.05, 4.69) is 16.0 Å². The molecular formula is C35H43FN4O6. The smallest absolute Gasteiger partial charge is 0.410 e. The van der Waals surface area contributed by atoms with E-state index in [4.69, 9.17) is 9.47 Å². The molecule has 2 aromatic rings. The van der Waals surface area contributed by atoms with Crippen LogP contribution in [0.3, 0.4) is 0 Å². The number of alkyl carbamates (subject to hydrolysis) is 1. The van der Waals surface area contributed by atoms with Crippen LogP contribution in [0.2, 0.25) is 0 Å². The molecule has 3 N–H and O–H groups in total. The number of nitrogens with one attached hydrogen (secondary N) is 3. The fraction of sp³-hybridized carbons (Fsp3) is 0.486. The minimum atomic E-state index is -0.670. The lowest BCUT2D eigenvalue weighted by Crippen LogP contribution is -2.70. The Balaban J connectivity index is 1.09. The zero-order chi connectivity index (χ0) is 33.5. The van der Waals surface area contributed by atoms with E-state index in [9.17, 15) is 19.2 Å². The first kappa shape index (κ1) is 33.0. The van der Waals surface area contributed by atoms with Gasteiger partial charge < -0.3 is 30.3 Å². The summed E-state index contributed by atoms with van der Waals surface area (Å²) >= 11 is 0. The first-order chi connectivity index (χ1) is 21.5. The Morgan fingerprint density at radius 1 is 0.848 bits per heavy atom. The van der Waals surface area contributed by atoms with Crippen molar-refractivity contribution in [3.63, 3.8) is 0 Å². The fourth-order valence-electron chi connectivity index (χ4n) is 6.22. The van der Waals surface area contributed by atoms with Crippen LogP contribution in [0.5, 0.6) is 0 Å². The van der Waals surface area contributed by atoms with Crippen molar-refractivity contribution in [2.24, 2.45) is 10.8 Å². The maximum Gasteiger partial charge on any atom is 0.410 e. The summed E-state index contributed by atoms with van der Waals surface area (Å²) in [7, 11) is 0. The number of ether oxygens (including phenoxy) is 2. The highest BCUT2D eigenvalue weighted by Gasteiger charge is 2.74. The largest absolute Gasteiger partial charge is 0.444 e. The SMILES string of the molecule is CC(C)(C)OC(=O)NCc1ccc(NC(=O)C23CC(C(=O)Nc4ccc(C5=CCN(C(=O)OC(C)(C)C)CC5)cc4F)(C2)C3)cc1. The summed E-state index contributed by atoms with van der Waals surface area (Å²) in [6.45, 7) is 12.0. The Labute approximate surface area is 269 Å². The lowest BCUT2D eigenvalue weighted by molar-refractivity contribution is -0.201. The number of carbonyl (C=O) groups excluding carboxylic acids is 4. The van der Waals surface area contributed by atoms with Gasteiger partial charge in [-0.15, -0.1) is 0 Å². The van der Waals surface area contributed by atoms with Gasteiger partial charge >= 0.3 is 12.2 Å². The number of hydrogen-bond donors (Lipinski definition) is 3. The Kier molecular flexibility index (Phi) is 8.65. The van der Waals surface area contributed by atoms with Crippen LogP contribution in [0, 0.1) is 16.6 Å². The topological polar surface area (TPSA) is 126 Å². The molecule has 0 spiro atoms. The number of carbonyl (C=O) groups is 4. The van der Waals surface area contributed by atoms with Gasteiger partial charge in [0.05, 0.1) is 16.5 Å². The highest BCUT2D eigenvalue weighted by Crippen LogP contribution is 2.73. The number of benzene rings is 2. The monoisotopic (exact) mass is 634 g/mol. The van der Waals surface area contributed by atoms with Crippen LogP contribution in [0.4, 0.5) is 25.4 Å². The highest BCUT2D eigenvalue weighted by atomic mass is 19.1. The second-order valence-electron chi connectivity index (χ2n) is 14.7. The molecule has 0 unspecified atom stereocenters. The molecule has 3 aliphatic carbocycles. The molecular weight excluding hydrogens is 591 g/mol. The maximum absolute atomic E-state index is 15.1. The average molecular weight is 635 g/mol. The molecule has 1 heterocycles. The van der Waals surface area contributed by atoms with E-state index < -0.39 is 33.9 Å². The molecule has 4 amide bonds. The summed E-state index contributed by atoms with van der Waals surface area (Å²) < 4.78 is 25.8. The molecule has 2 bridgehead atoms. The quantitative estimate of drug-likeness (QED) is 0.314. The van der Waals surface area contributed by atoms with Crippen molar-refractivity contribution in [1.29, 1.82) is 0 Å². The third-order valence-electron chi connectivity index (χ3n) is 8.49. The van der Waals surface area contributed by atoms with Gasteiger partial charge in [0.15, 0.2) is 0 Å². The molecule has 10 nitrogen and oxygen atoms in total. The predicted octanol–water partition coefficient (Wildman–Crippen LogP) is 6.62. The van der Waals surface area contributed by atoms with Gasteiger partial charge in [0, 0.05) is 25.3 Å². The van der Waals surface area contributed by atoms with E-state index in [1.807, 2.05) is 39.0 Å². The van der Waals surface area contributed by atoms with Gasteiger partial charge in [0.2, 0.25) is 11.8 Å². The summed E-state index contributed by atoms with van der Waals surface area (Å²) in [6, 6.07) is 11.9. The Morgan fingerprint density at radius 2 is 1.46 bits per heavy atom. The number of amides is 4. The summed E-state index contributed by atoms with van der Waals surface area (Å²) in [4.78, 5) is 52.0. The first-order valence-corrected chi connectivity index (χ1v) is 15.6. The van der Waals surface area contributed by atoms with Crippen LogP contribution in [-0.2, 0) is 25.6 Å². The summed E-state index contributed by atoms with van der Waals surface area (Å²) in [5.41, 5.74) is 0.787. The van der Waals surface area contributed by atoms with Crippen molar-refractivity contribution in [2.45, 2.75) is 85.0 Å². The van der Waals surface area contributed by atoms with E-state index >= 15 is 4.39 Å². The van der Waals surface area contributed by atoms with E-state index in [0.717, 1.165) is 11.1 Å². The normalized spacial score (nSPS) is 22.0. The molecule has 6 rings (SSSR count). The van der Waals surface area contributed by atoms with E-state index in [0.29, 0.717) is 56.6 Å².